The number of ether oxygens (including phenoxy) is 2. The molecule has 0 aliphatic rings. The lowest BCUT2D eigenvalue weighted by Gasteiger charge is -2.20. The van der Waals surface area contributed by atoms with Gasteiger partial charge in [0.25, 0.3) is 0 Å². The van der Waals surface area contributed by atoms with E-state index in [2.05, 4.69) is 49.6 Å². The fourth-order valence-corrected chi connectivity index (χ4v) is 4.44. The van der Waals surface area contributed by atoms with Crippen molar-refractivity contribution in [3.8, 4) is 11.5 Å². The highest BCUT2D eigenvalue weighted by atomic mass is 16.5. The zero-order valence-corrected chi connectivity index (χ0v) is 21.1. The summed E-state index contributed by atoms with van der Waals surface area (Å²) in [6.45, 7) is 16.7. The van der Waals surface area contributed by atoms with Gasteiger partial charge in [0.05, 0.1) is 0 Å². The van der Waals surface area contributed by atoms with Crippen LogP contribution in [-0.4, -0.2) is 62.3 Å². The number of rotatable bonds is 16. The van der Waals surface area contributed by atoms with E-state index < -0.39 is 0 Å². The summed E-state index contributed by atoms with van der Waals surface area (Å²) in [7, 11) is 0. The molecule has 1 aromatic heterocycles. The molecule has 33 heavy (non-hydrogen) atoms. The van der Waals surface area contributed by atoms with Crippen LogP contribution >= 0.6 is 0 Å². The molecule has 5 nitrogen and oxygen atoms in total. The number of benzene rings is 2. The van der Waals surface area contributed by atoms with Gasteiger partial charge in [-0.3, -0.25) is 9.80 Å². The number of furan rings is 1. The molecule has 3 aromatic rings. The highest BCUT2D eigenvalue weighted by Crippen LogP contribution is 2.33. The second-order valence-corrected chi connectivity index (χ2v) is 8.80. The maximum atomic E-state index is 6.16. The van der Waals surface area contributed by atoms with Crippen molar-refractivity contribution in [3.63, 3.8) is 0 Å². The Morgan fingerprint density at radius 2 is 0.970 bits per heavy atom. The van der Waals surface area contributed by atoms with E-state index in [9.17, 15) is 0 Å². The Balaban J connectivity index is 1.61. The van der Waals surface area contributed by atoms with E-state index >= 15 is 0 Å². The Bertz CT molecular complexity index is 880. The minimum Gasteiger partial charge on any atom is -0.492 e. The van der Waals surface area contributed by atoms with Crippen molar-refractivity contribution >= 4 is 21.9 Å². The fourth-order valence-electron chi connectivity index (χ4n) is 4.44. The Labute approximate surface area is 199 Å². The molecule has 0 radical (unpaired) electrons. The summed E-state index contributed by atoms with van der Waals surface area (Å²) >= 11 is 0. The molecule has 0 saturated carbocycles. The van der Waals surface area contributed by atoms with Gasteiger partial charge >= 0.3 is 0 Å². The van der Waals surface area contributed by atoms with E-state index in [1.54, 1.807) is 0 Å². The van der Waals surface area contributed by atoms with Crippen LogP contribution in [0.1, 0.15) is 53.4 Å². The first-order valence-corrected chi connectivity index (χ1v) is 12.8. The van der Waals surface area contributed by atoms with Crippen molar-refractivity contribution in [1.82, 2.24) is 9.80 Å². The Kier molecular flexibility index (Phi) is 10.4. The van der Waals surface area contributed by atoms with Gasteiger partial charge in [-0.25, -0.2) is 0 Å². The van der Waals surface area contributed by atoms with Gasteiger partial charge in [0.2, 0.25) is 0 Å². The van der Waals surface area contributed by atoms with Crippen LogP contribution in [0.15, 0.2) is 40.8 Å². The van der Waals surface area contributed by atoms with Crippen LogP contribution in [0.3, 0.4) is 0 Å². The average molecular weight is 455 g/mol. The predicted molar refractivity (Wildman–Crippen MR) is 139 cm³/mol. The van der Waals surface area contributed by atoms with Gasteiger partial charge in [-0.1, -0.05) is 27.7 Å². The summed E-state index contributed by atoms with van der Waals surface area (Å²) < 4.78 is 18.2. The molecule has 0 unspecified atom stereocenters. The van der Waals surface area contributed by atoms with Gasteiger partial charge in [0.1, 0.15) is 35.9 Å². The van der Waals surface area contributed by atoms with Gasteiger partial charge < -0.3 is 13.9 Å². The first kappa shape index (κ1) is 25.4. The second-order valence-electron chi connectivity index (χ2n) is 8.80. The zero-order chi connectivity index (χ0) is 23.5. The monoisotopic (exact) mass is 454 g/mol. The normalized spacial score (nSPS) is 11.8. The Morgan fingerprint density at radius 1 is 0.576 bits per heavy atom. The Morgan fingerprint density at radius 3 is 1.33 bits per heavy atom. The van der Waals surface area contributed by atoms with Crippen LogP contribution in [0, 0.1) is 0 Å². The fraction of sp³-hybridized carbons (Fsp3) is 0.571. The van der Waals surface area contributed by atoms with Gasteiger partial charge in [0.15, 0.2) is 0 Å². The third kappa shape index (κ3) is 7.38. The van der Waals surface area contributed by atoms with Crippen molar-refractivity contribution in [2.75, 3.05) is 52.5 Å². The molecule has 1 heterocycles. The summed E-state index contributed by atoms with van der Waals surface area (Å²) in [4.78, 5) is 4.93. The van der Waals surface area contributed by atoms with E-state index in [-0.39, 0.29) is 0 Å². The lowest BCUT2D eigenvalue weighted by atomic mass is 10.1. The van der Waals surface area contributed by atoms with Crippen LogP contribution < -0.4 is 9.47 Å². The number of nitrogens with zero attached hydrogens (tertiary/aromatic N) is 2. The second kappa shape index (κ2) is 13.5. The molecular weight excluding hydrogens is 412 g/mol. The van der Waals surface area contributed by atoms with Crippen molar-refractivity contribution < 1.29 is 13.9 Å². The standard InChI is InChI=1S/C28H42N2O3/c1-5-13-29(14-6-2)17-19-31-23-9-11-25-26-12-10-24(22-28(26)33-27(25)21-23)32-20-18-30(15-7-3)16-8-4/h9-12,21-22H,5-8,13-20H2,1-4H3. The van der Waals surface area contributed by atoms with Crippen molar-refractivity contribution in [2.24, 2.45) is 0 Å². The van der Waals surface area contributed by atoms with Gasteiger partial charge in [-0.15, -0.1) is 0 Å². The van der Waals surface area contributed by atoms with Crippen molar-refractivity contribution in [2.45, 2.75) is 53.4 Å². The molecule has 0 saturated heterocycles. The average Bonchev–Trinajstić information content (AvgIpc) is 3.16. The summed E-state index contributed by atoms with van der Waals surface area (Å²) in [5.41, 5.74) is 1.71. The van der Waals surface area contributed by atoms with Crippen LogP contribution in [0.4, 0.5) is 0 Å². The smallest absolute Gasteiger partial charge is 0.139 e. The molecule has 0 fully saturated rings. The zero-order valence-electron chi connectivity index (χ0n) is 21.1. The lowest BCUT2D eigenvalue weighted by Crippen LogP contribution is -2.30. The third-order valence-corrected chi connectivity index (χ3v) is 5.93. The first-order chi connectivity index (χ1) is 16.2. The summed E-state index contributed by atoms with van der Waals surface area (Å²) in [5, 5.41) is 2.22. The van der Waals surface area contributed by atoms with Gasteiger partial charge in [0, 0.05) is 36.0 Å². The van der Waals surface area contributed by atoms with E-state index in [0.717, 1.165) is 72.7 Å². The molecule has 0 aliphatic heterocycles. The molecular formula is C28H42N2O3. The molecule has 182 valence electrons. The maximum Gasteiger partial charge on any atom is 0.139 e. The summed E-state index contributed by atoms with van der Waals surface area (Å²) in [6, 6.07) is 12.3. The molecule has 5 heteroatoms. The van der Waals surface area contributed by atoms with E-state index in [1.165, 1.54) is 25.7 Å². The lowest BCUT2D eigenvalue weighted by molar-refractivity contribution is 0.209. The van der Waals surface area contributed by atoms with Crippen molar-refractivity contribution in [1.29, 1.82) is 0 Å². The van der Waals surface area contributed by atoms with Gasteiger partial charge in [-0.2, -0.15) is 0 Å². The molecule has 0 N–H and O–H groups in total. The number of hydrogen-bond donors (Lipinski definition) is 0. The number of fused-ring (bicyclic) bond motifs is 3. The summed E-state index contributed by atoms with van der Waals surface area (Å²) in [5.74, 6) is 1.72. The highest BCUT2D eigenvalue weighted by molar-refractivity contribution is 6.05. The van der Waals surface area contributed by atoms with Crippen LogP contribution in [0.2, 0.25) is 0 Å². The largest absolute Gasteiger partial charge is 0.492 e. The van der Waals surface area contributed by atoms with Crippen LogP contribution in [0.25, 0.3) is 21.9 Å². The van der Waals surface area contributed by atoms with Crippen molar-refractivity contribution in [3.05, 3.63) is 36.4 Å². The minimum atomic E-state index is 0.691. The Hall–Kier alpha value is -2.24. The van der Waals surface area contributed by atoms with Crippen LogP contribution in [-0.2, 0) is 0 Å². The summed E-state index contributed by atoms with van der Waals surface area (Å²) in [6.07, 6.45) is 4.69. The minimum absolute atomic E-state index is 0.691. The molecule has 2 aromatic carbocycles. The number of hydrogen-bond acceptors (Lipinski definition) is 5. The van der Waals surface area contributed by atoms with Crippen LogP contribution in [0.5, 0.6) is 11.5 Å². The molecule has 3 rings (SSSR count). The molecule has 0 bridgehead atoms. The van der Waals surface area contributed by atoms with E-state index in [4.69, 9.17) is 13.9 Å². The third-order valence-electron chi connectivity index (χ3n) is 5.93. The predicted octanol–water partition coefficient (Wildman–Crippen LogP) is 6.59. The highest BCUT2D eigenvalue weighted by Gasteiger charge is 2.11. The SMILES string of the molecule is CCCN(CCC)CCOc1ccc2c(c1)oc1cc(OCCN(CCC)CCC)ccc12. The molecule has 0 amide bonds. The van der Waals surface area contributed by atoms with Gasteiger partial charge in [-0.05, 0) is 76.1 Å². The molecule has 0 atom stereocenters. The molecule has 0 aliphatic carbocycles. The molecule has 0 spiro atoms. The van der Waals surface area contributed by atoms with E-state index in [1.807, 2.05) is 24.3 Å². The quantitative estimate of drug-likeness (QED) is 0.244. The maximum absolute atomic E-state index is 6.16. The van der Waals surface area contributed by atoms with E-state index in [0.29, 0.717) is 13.2 Å². The topological polar surface area (TPSA) is 38.1 Å². The first-order valence-electron chi connectivity index (χ1n) is 12.8.